The van der Waals surface area contributed by atoms with E-state index in [0.717, 1.165) is 11.5 Å². The fourth-order valence-electron chi connectivity index (χ4n) is 1.69. The molecule has 0 spiro atoms. The molecule has 98 valence electrons. The summed E-state index contributed by atoms with van der Waals surface area (Å²) in [6.45, 7) is 5.43. The van der Waals surface area contributed by atoms with Crippen molar-refractivity contribution in [2.24, 2.45) is 5.92 Å². The highest BCUT2D eigenvalue weighted by Gasteiger charge is 2.14. The van der Waals surface area contributed by atoms with Crippen molar-refractivity contribution in [3.8, 4) is 11.5 Å². The predicted molar refractivity (Wildman–Crippen MR) is 73.9 cm³/mol. The molecule has 0 aliphatic carbocycles. The highest BCUT2D eigenvalue weighted by molar-refractivity contribution is 7.99. The molecule has 0 aromatic heterocycles. The molecule has 0 unspecified atom stereocenters. The summed E-state index contributed by atoms with van der Waals surface area (Å²) in [5.41, 5.74) is 0.704. The molecule has 1 aromatic carbocycles. The van der Waals surface area contributed by atoms with Crippen molar-refractivity contribution in [1.82, 2.24) is 0 Å². The van der Waals surface area contributed by atoms with Crippen LogP contribution >= 0.6 is 11.8 Å². The molecule has 0 saturated carbocycles. The van der Waals surface area contributed by atoms with Crippen LogP contribution in [0.15, 0.2) is 18.2 Å². The lowest BCUT2D eigenvalue weighted by atomic mass is 10.1. The quantitative estimate of drug-likeness (QED) is 0.767. The average molecular weight is 266 g/mol. The molecule has 1 aliphatic heterocycles. The van der Waals surface area contributed by atoms with E-state index in [1.165, 1.54) is 0 Å². The van der Waals surface area contributed by atoms with E-state index in [-0.39, 0.29) is 5.78 Å². The first-order valence-corrected chi connectivity index (χ1v) is 7.33. The number of ether oxygens (including phenoxy) is 2. The summed E-state index contributed by atoms with van der Waals surface area (Å²) in [5, 5.41) is 0. The van der Waals surface area contributed by atoms with Crippen LogP contribution < -0.4 is 9.47 Å². The van der Waals surface area contributed by atoms with Gasteiger partial charge in [0.05, 0.1) is 5.75 Å². The van der Waals surface area contributed by atoms with Crippen LogP contribution in [0.25, 0.3) is 0 Å². The smallest absolute Gasteiger partial charge is 0.172 e. The van der Waals surface area contributed by atoms with Crippen molar-refractivity contribution in [1.29, 1.82) is 0 Å². The van der Waals surface area contributed by atoms with Gasteiger partial charge in [0.2, 0.25) is 0 Å². The van der Waals surface area contributed by atoms with Crippen LogP contribution in [0.4, 0.5) is 0 Å². The Labute approximate surface area is 112 Å². The second kappa shape index (κ2) is 6.14. The maximum atomic E-state index is 12.0. The van der Waals surface area contributed by atoms with E-state index < -0.39 is 0 Å². The third-order valence-electron chi connectivity index (χ3n) is 2.55. The molecule has 18 heavy (non-hydrogen) atoms. The van der Waals surface area contributed by atoms with E-state index >= 15 is 0 Å². The van der Waals surface area contributed by atoms with E-state index in [0.29, 0.717) is 36.2 Å². The van der Waals surface area contributed by atoms with Crippen molar-refractivity contribution in [2.45, 2.75) is 13.8 Å². The van der Waals surface area contributed by atoms with Gasteiger partial charge in [-0.1, -0.05) is 13.8 Å². The molecule has 0 amide bonds. The Hall–Kier alpha value is -1.16. The fourth-order valence-corrected chi connectivity index (χ4v) is 2.63. The number of hydrogen-bond donors (Lipinski definition) is 0. The molecule has 4 heteroatoms. The van der Waals surface area contributed by atoms with Gasteiger partial charge < -0.3 is 9.47 Å². The van der Waals surface area contributed by atoms with Crippen LogP contribution in [0.5, 0.6) is 11.5 Å². The van der Waals surface area contributed by atoms with E-state index in [4.69, 9.17) is 9.47 Å². The Morgan fingerprint density at radius 2 is 2.00 bits per heavy atom. The van der Waals surface area contributed by atoms with Gasteiger partial charge in [0, 0.05) is 5.56 Å². The lowest BCUT2D eigenvalue weighted by Crippen LogP contribution is -2.16. The van der Waals surface area contributed by atoms with Gasteiger partial charge >= 0.3 is 0 Å². The van der Waals surface area contributed by atoms with E-state index in [2.05, 4.69) is 13.8 Å². The van der Waals surface area contributed by atoms with Crippen LogP contribution in [-0.4, -0.2) is 30.5 Å². The summed E-state index contributed by atoms with van der Waals surface area (Å²) in [6, 6.07) is 5.41. The molecule has 3 nitrogen and oxygen atoms in total. The third kappa shape index (κ3) is 3.42. The number of carbonyl (C=O) groups is 1. The number of Topliss-reactive ketones (excluding diaryl/α,β-unsaturated/α-hetero) is 1. The minimum Gasteiger partial charge on any atom is -0.486 e. The summed E-state index contributed by atoms with van der Waals surface area (Å²) < 4.78 is 10.9. The van der Waals surface area contributed by atoms with Crippen molar-refractivity contribution >= 4 is 17.5 Å². The molecule has 0 saturated heterocycles. The van der Waals surface area contributed by atoms with Crippen molar-refractivity contribution < 1.29 is 14.3 Å². The van der Waals surface area contributed by atoms with E-state index in [1.54, 1.807) is 17.8 Å². The Morgan fingerprint density at radius 1 is 1.28 bits per heavy atom. The van der Waals surface area contributed by atoms with Crippen molar-refractivity contribution in [3.05, 3.63) is 23.8 Å². The number of ketones is 1. The standard InChI is InChI=1S/C14H18O3S/c1-10(2)8-18-9-12(15)11-3-4-13-14(7-11)17-6-5-16-13/h3-4,7,10H,5-6,8-9H2,1-2H3. The summed E-state index contributed by atoms with van der Waals surface area (Å²) >= 11 is 1.68. The zero-order valence-electron chi connectivity index (χ0n) is 10.8. The van der Waals surface area contributed by atoms with Gasteiger partial charge in [-0.2, -0.15) is 11.8 Å². The Bertz CT molecular complexity index is 429. The lowest BCUT2D eigenvalue weighted by molar-refractivity contribution is 0.102. The van der Waals surface area contributed by atoms with Gasteiger partial charge in [-0.25, -0.2) is 0 Å². The van der Waals surface area contributed by atoms with E-state index in [1.807, 2.05) is 12.1 Å². The fraction of sp³-hybridized carbons (Fsp3) is 0.500. The molecule has 2 rings (SSSR count). The molecule has 0 fully saturated rings. The van der Waals surface area contributed by atoms with Gasteiger partial charge in [0.25, 0.3) is 0 Å². The zero-order valence-corrected chi connectivity index (χ0v) is 11.6. The first kappa shape index (κ1) is 13.3. The normalized spacial score (nSPS) is 13.7. The van der Waals surface area contributed by atoms with Gasteiger partial charge in [0.1, 0.15) is 13.2 Å². The Kier molecular flexibility index (Phi) is 4.53. The monoisotopic (exact) mass is 266 g/mol. The van der Waals surface area contributed by atoms with Gasteiger partial charge in [-0.15, -0.1) is 0 Å². The maximum Gasteiger partial charge on any atom is 0.172 e. The number of fused-ring (bicyclic) bond motifs is 1. The van der Waals surface area contributed by atoms with Crippen LogP contribution in [0.2, 0.25) is 0 Å². The molecule has 1 aromatic rings. The van der Waals surface area contributed by atoms with Crippen LogP contribution in [-0.2, 0) is 0 Å². The zero-order chi connectivity index (χ0) is 13.0. The number of rotatable bonds is 5. The van der Waals surface area contributed by atoms with Gasteiger partial charge in [-0.05, 0) is 29.9 Å². The summed E-state index contributed by atoms with van der Waals surface area (Å²) in [6.07, 6.45) is 0. The Balaban J connectivity index is 1.98. The highest BCUT2D eigenvalue weighted by atomic mass is 32.2. The van der Waals surface area contributed by atoms with Crippen LogP contribution in [0, 0.1) is 5.92 Å². The molecular formula is C14H18O3S. The lowest BCUT2D eigenvalue weighted by Gasteiger charge is -2.18. The summed E-state index contributed by atoms with van der Waals surface area (Å²) in [7, 11) is 0. The molecule has 0 atom stereocenters. The van der Waals surface area contributed by atoms with Gasteiger partial charge in [0.15, 0.2) is 17.3 Å². The topological polar surface area (TPSA) is 35.5 Å². The van der Waals surface area contributed by atoms with Crippen molar-refractivity contribution in [2.75, 3.05) is 24.7 Å². The SMILES string of the molecule is CC(C)CSCC(=O)c1ccc2c(c1)OCCO2. The maximum absolute atomic E-state index is 12.0. The number of carbonyl (C=O) groups excluding carboxylic acids is 1. The van der Waals surface area contributed by atoms with E-state index in [9.17, 15) is 4.79 Å². The predicted octanol–water partition coefficient (Wildman–Crippen LogP) is 3.03. The number of thioether (sulfide) groups is 1. The molecule has 0 radical (unpaired) electrons. The first-order chi connectivity index (χ1) is 8.66. The molecular weight excluding hydrogens is 248 g/mol. The van der Waals surface area contributed by atoms with Gasteiger partial charge in [-0.3, -0.25) is 4.79 Å². The second-order valence-corrected chi connectivity index (χ2v) is 5.72. The second-order valence-electron chi connectivity index (χ2n) is 4.69. The van der Waals surface area contributed by atoms with Crippen LogP contribution in [0.3, 0.4) is 0 Å². The number of hydrogen-bond acceptors (Lipinski definition) is 4. The molecule has 0 bridgehead atoms. The average Bonchev–Trinajstić information content (AvgIpc) is 2.37. The molecule has 1 aliphatic rings. The van der Waals surface area contributed by atoms with Crippen molar-refractivity contribution in [3.63, 3.8) is 0 Å². The summed E-state index contributed by atoms with van der Waals surface area (Å²) in [5.74, 6) is 3.71. The first-order valence-electron chi connectivity index (χ1n) is 6.17. The highest BCUT2D eigenvalue weighted by Crippen LogP contribution is 2.31. The minimum atomic E-state index is 0.151. The summed E-state index contributed by atoms with van der Waals surface area (Å²) in [4.78, 5) is 12.0. The molecule has 0 N–H and O–H groups in total. The largest absolute Gasteiger partial charge is 0.486 e. The number of benzene rings is 1. The Morgan fingerprint density at radius 3 is 2.72 bits per heavy atom. The third-order valence-corrected chi connectivity index (χ3v) is 3.92. The minimum absolute atomic E-state index is 0.151. The molecule has 1 heterocycles. The van der Waals surface area contributed by atoms with Crippen LogP contribution in [0.1, 0.15) is 24.2 Å².